The number of hydrazine groups is 1. The van der Waals surface area contributed by atoms with Gasteiger partial charge in [-0.05, 0) is 34.2 Å². The van der Waals surface area contributed by atoms with E-state index in [0.717, 1.165) is 16.0 Å². The Bertz CT molecular complexity index is 786. The summed E-state index contributed by atoms with van der Waals surface area (Å²) in [5.41, 5.74) is 3.43. The first-order chi connectivity index (χ1) is 11.8. The molecular formula is C19H21F3N2O. The minimum atomic E-state index is -4.49. The van der Waals surface area contributed by atoms with Crippen molar-refractivity contribution >= 4 is 16.7 Å². The summed E-state index contributed by atoms with van der Waals surface area (Å²) >= 11 is 0. The van der Waals surface area contributed by atoms with E-state index in [-0.39, 0.29) is 24.4 Å². The number of alkyl halides is 3. The lowest BCUT2D eigenvalue weighted by molar-refractivity contribution is -0.190. The molecule has 2 aromatic carbocycles. The number of rotatable bonds is 4. The van der Waals surface area contributed by atoms with Gasteiger partial charge in [-0.15, -0.1) is 0 Å². The van der Waals surface area contributed by atoms with Gasteiger partial charge in [-0.3, -0.25) is 10.2 Å². The fourth-order valence-electron chi connectivity index (χ4n) is 3.43. The van der Waals surface area contributed by atoms with Gasteiger partial charge in [-0.1, -0.05) is 50.2 Å². The summed E-state index contributed by atoms with van der Waals surface area (Å²) in [5.74, 6) is -0.0401. The van der Waals surface area contributed by atoms with E-state index in [1.165, 1.54) is 0 Å². The van der Waals surface area contributed by atoms with Gasteiger partial charge in [0.15, 0.2) is 6.04 Å². The zero-order valence-electron chi connectivity index (χ0n) is 14.2. The summed E-state index contributed by atoms with van der Waals surface area (Å²) in [5, 5.41) is 2.37. The zero-order chi connectivity index (χ0) is 18.2. The molecule has 1 N–H and O–H groups in total. The highest BCUT2D eigenvalue weighted by Gasteiger charge is 2.47. The third kappa shape index (κ3) is 3.79. The van der Waals surface area contributed by atoms with Crippen LogP contribution >= 0.6 is 0 Å². The molecule has 0 saturated carbocycles. The number of benzene rings is 2. The van der Waals surface area contributed by atoms with Crippen molar-refractivity contribution in [3.05, 3.63) is 47.5 Å². The third-order valence-corrected chi connectivity index (χ3v) is 4.36. The van der Waals surface area contributed by atoms with Crippen molar-refractivity contribution in [3.63, 3.8) is 0 Å². The fraction of sp³-hybridized carbons (Fsp3) is 0.421. The number of fused-ring (bicyclic) bond motifs is 1. The third-order valence-electron chi connectivity index (χ3n) is 4.36. The Morgan fingerprint density at radius 1 is 1.20 bits per heavy atom. The SMILES string of the molecule is CC(C)Cc1cc([C@H](N2CCC(=O)N2)C(F)(F)F)c2ccccc2c1. The minimum Gasteiger partial charge on any atom is -0.288 e. The van der Waals surface area contributed by atoms with E-state index in [9.17, 15) is 18.0 Å². The van der Waals surface area contributed by atoms with E-state index in [1.807, 2.05) is 32.0 Å². The first kappa shape index (κ1) is 17.7. The van der Waals surface area contributed by atoms with Crippen LogP contribution in [0.1, 0.15) is 37.4 Å². The van der Waals surface area contributed by atoms with Crippen molar-refractivity contribution in [2.75, 3.05) is 6.54 Å². The van der Waals surface area contributed by atoms with Crippen LogP contribution in [0, 0.1) is 5.92 Å². The highest BCUT2D eigenvalue weighted by atomic mass is 19.4. The van der Waals surface area contributed by atoms with Crippen molar-refractivity contribution in [2.45, 2.75) is 38.9 Å². The van der Waals surface area contributed by atoms with Gasteiger partial charge in [0.1, 0.15) is 0 Å². The Hall–Kier alpha value is -2.08. The molecule has 0 aliphatic carbocycles. The molecule has 0 radical (unpaired) electrons. The molecule has 1 heterocycles. The second-order valence-corrected chi connectivity index (χ2v) is 6.93. The van der Waals surface area contributed by atoms with Gasteiger partial charge >= 0.3 is 6.18 Å². The van der Waals surface area contributed by atoms with E-state index in [4.69, 9.17) is 0 Å². The van der Waals surface area contributed by atoms with Crippen LogP contribution < -0.4 is 5.43 Å². The van der Waals surface area contributed by atoms with Gasteiger partial charge in [0.05, 0.1) is 0 Å². The monoisotopic (exact) mass is 350 g/mol. The van der Waals surface area contributed by atoms with Crippen LogP contribution in [0.3, 0.4) is 0 Å². The van der Waals surface area contributed by atoms with Crippen LogP contribution in [-0.2, 0) is 11.2 Å². The van der Waals surface area contributed by atoms with E-state index in [1.54, 1.807) is 18.2 Å². The van der Waals surface area contributed by atoms with Crippen molar-refractivity contribution in [3.8, 4) is 0 Å². The van der Waals surface area contributed by atoms with Gasteiger partial charge < -0.3 is 0 Å². The molecule has 25 heavy (non-hydrogen) atoms. The lowest BCUT2D eigenvalue weighted by Crippen LogP contribution is -2.43. The highest BCUT2D eigenvalue weighted by Crippen LogP contribution is 2.41. The normalized spacial score (nSPS) is 17.3. The maximum absolute atomic E-state index is 13.9. The van der Waals surface area contributed by atoms with Crippen LogP contribution in [-0.4, -0.2) is 23.6 Å². The Morgan fingerprint density at radius 3 is 2.52 bits per heavy atom. The summed E-state index contributed by atoms with van der Waals surface area (Å²) in [6.45, 7) is 4.12. The fourth-order valence-corrected chi connectivity index (χ4v) is 3.43. The average molecular weight is 350 g/mol. The van der Waals surface area contributed by atoms with Crippen molar-refractivity contribution in [1.82, 2.24) is 10.4 Å². The second-order valence-electron chi connectivity index (χ2n) is 6.93. The Balaban J connectivity index is 2.16. The van der Waals surface area contributed by atoms with Crippen LogP contribution in [0.25, 0.3) is 10.8 Å². The molecule has 0 spiro atoms. The molecule has 1 saturated heterocycles. The van der Waals surface area contributed by atoms with Crippen LogP contribution in [0.15, 0.2) is 36.4 Å². The Labute approximate surface area is 144 Å². The smallest absolute Gasteiger partial charge is 0.288 e. The maximum atomic E-state index is 13.9. The molecule has 1 atom stereocenters. The number of hydrogen-bond acceptors (Lipinski definition) is 2. The van der Waals surface area contributed by atoms with Gasteiger partial charge in [-0.25, -0.2) is 5.01 Å². The quantitative estimate of drug-likeness (QED) is 0.888. The molecule has 3 nitrogen and oxygen atoms in total. The maximum Gasteiger partial charge on any atom is 0.409 e. The molecule has 1 aliphatic rings. The largest absolute Gasteiger partial charge is 0.409 e. The molecule has 1 amide bonds. The number of halogens is 3. The van der Waals surface area contributed by atoms with Crippen LogP contribution in [0.4, 0.5) is 13.2 Å². The number of carbonyl (C=O) groups excluding carboxylic acids is 1. The molecule has 1 fully saturated rings. The van der Waals surface area contributed by atoms with Crippen molar-refractivity contribution in [2.24, 2.45) is 5.92 Å². The molecule has 1 aliphatic heterocycles. The average Bonchev–Trinajstić information content (AvgIpc) is 2.91. The summed E-state index contributed by atoms with van der Waals surface area (Å²) < 4.78 is 41.7. The lowest BCUT2D eigenvalue weighted by atomic mass is 9.92. The van der Waals surface area contributed by atoms with E-state index < -0.39 is 12.2 Å². The second kappa shape index (κ2) is 6.67. The van der Waals surface area contributed by atoms with Crippen LogP contribution in [0.5, 0.6) is 0 Å². The number of nitrogens with zero attached hydrogens (tertiary/aromatic N) is 1. The van der Waals surface area contributed by atoms with Gasteiger partial charge in [0.2, 0.25) is 5.91 Å². The number of carbonyl (C=O) groups is 1. The first-order valence-electron chi connectivity index (χ1n) is 8.40. The van der Waals surface area contributed by atoms with Crippen molar-refractivity contribution < 1.29 is 18.0 Å². The number of amides is 1. The number of hydrogen-bond donors (Lipinski definition) is 1. The van der Waals surface area contributed by atoms with Gasteiger partial charge in [-0.2, -0.15) is 13.2 Å². The van der Waals surface area contributed by atoms with E-state index in [0.29, 0.717) is 17.7 Å². The summed E-state index contributed by atoms with van der Waals surface area (Å²) in [6.07, 6.45) is -3.71. The zero-order valence-corrected chi connectivity index (χ0v) is 14.2. The molecule has 134 valence electrons. The molecule has 3 rings (SSSR count). The van der Waals surface area contributed by atoms with Crippen LogP contribution in [0.2, 0.25) is 0 Å². The standard InChI is InChI=1S/C19H21F3N2O/c1-12(2)9-13-10-14-5-3-4-6-15(14)16(11-13)18(19(20,21)22)24-8-7-17(25)23-24/h3-6,10-12,18H,7-9H2,1-2H3,(H,23,25)/t18-/m0/s1. The molecule has 6 heteroatoms. The summed E-state index contributed by atoms with van der Waals surface area (Å²) in [7, 11) is 0. The van der Waals surface area contributed by atoms with Gasteiger partial charge in [0.25, 0.3) is 0 Å². The topological polar surface area (TPSA) is 32.3 Å². The molecule has 0 unspecified atom stereocenters. The Kier molecular flexibility index (Phi) is 4.73. The Morgan fingerprint density at radius 2 is 1.92 bits per heavy atom. The van der Waals surface area contributed by atoms with E-state index in [2.05, 4.69) is 5.43 Å². The predicted molar refractivity (Wildman–Crippen MR) is 90.8 cm³/mol. The lowest BCUT2D eigenvalue weighted by Gasteiger charge is -2.30. The molecule has 0 aromatic heterocycles. The summed E-state index contributed by atoms with van der Waals surface area (Å²) in [6, 6.07) is 8.85. The molecular weight excluding hydrogens is 329 g/mol. The molecule has 2 aromatic rings. The first-order valence-corrected chi connectivity index (χ1v) is 8.40. The minimum absolute atomic E-state index is 0.0474. The van der Waals surface area contributed by atoms with E-state index >= 15 is 0 Å². The molecule has 0 bridgehead atoms. The highest BCUT2D eigenvalue weighted by molar-refractivity contribution is 5.87. The number of nitrogens with one attached hydrogen (secondary N) is 1. The van der Waals surface area contributed by atoms with Crippen molar-refractivity contribution in [1.29, 1.82) is 0 Å². The summed E-state index contributed by atoms with van der Waals surface area (Å²) in [4.78, 5) is 11.5. The van der Waals surface area contributed by atoms with Gasteiger partial charge in [0, 0.05) is 13.0 Å². The predicted octanol–water partition coefficient (Wildman–Crippen LogP) is 4.38.